The molecule has 6 nitrogen and oxygen atoms in total. The van der Waals surface area contributed by atoms with E-state index in [2.05, 4.69) is 15.0 Å². The second-order valence-corrected chi connectivity index (χ2v) is 7.58. The molecule has 3 heterocycles. The number of rotatable bonds is 3. The molecular weight excluding hydrogens is 379 g/mol. The van der Waals surface area contributed by atoms with Gasteiger partial charge in [-0.15, -0.1) is 0 Å². The van der Waals surface area contributed by atoms with Crippen LogP contribution in [0.2, 0.25) is 0 Å². The molecule has 0 saturated carbocycles. The average Bonchev–Trinajstić information content (AvgIpc) is 3.01. The Labute approximate surface area is 156 Å². The first-order valence-corrected chi connectivity index (χ1v) is 9.25. The highest BCUT2D eigenvalue weighted by Gasteiger charge is 2.51. The van der Waals surface area contributed by atoms with Gasteiger partial charge in [0.25, 0.3) is 12.0 Å². The third-order valence-electron chi connectivity index (χ3n) is 4.90. The van der Waals surface area contributed by atoms with Crippen LogP contribution >= 0.6 is 11.8 Å². The van der Waals surface area contributed by atoms with Crippen LogP contribution in [0.4, 0.5) is 19.1 Å². The predicted molar refractivity (Wildman–Crippen MR) is 97.7 cm³/mol. The summed E-state index contributed by atoms with van der Waals surface area (Å²) < 4.78 is 40.6. The Hall–Kier alpha value is -2.49. The Kier molecular flexibility index (Phi) is 4.37. The number of thioether (sulfide) groups is 1. The van der Waals surface area contributed by atoms with Crippen molar-refractivity contribution in [3.05, 3.63) is 57.8 Å². The highest BCUT2D eigenvalue weighted by Crippen LogP contribution is 2.46. The summed E-state index contributed by atoms with van der Waals surface area (Å²) in [7, 11) is 0. The number of alkyl halides is 2. The van der Waals surface area contributed by atoms with Gasteiger partial charge in [-0.05, 0) is 6.07 Å². The van der Waals surface area contributed by atoms with Crippen molar-refractivity contribution in [1.29, 1.82) is 0 Å². The number of amidine groups is 1. The number of hydrogen-bond acceptors (Lipinski definition) is 6. The maximum atomic E-state index is 14.6. The SMILES string of the molecule is NC1=NC2(c3ccccc3F)CN(c3nc(C(F)F)cc(=O)[nH]3)CC2CS1. The highest BCUT2D eigenvalue weighted by atomic mass is 32.2. The van der Waals surface area contributed by atoms with Gasteiger partial charge in [0, 0.05) is 29.8 Å². The van der Waals surface area contributed by atoms with Crippen molar-refractivity contribution in [3.8, 4) is 0 Å². The molecule has 1 saturated heterocycles. The van der Waals surface area contributed by atoms with E-state index >= 15 is 0 Å². The first kappa shape index (κ1) is 17.9. The zero-order chi connectivity index (χ0) is 19.2. The number of aromatic amines is 1. The molecule has 27 heavy (non-hydrogen) atoms. The van der Waals surface area contributed by atoms with Crippen LogP contribution < -0.4 is 16.2 Å². The minimum atomic E-state index is -2.86. The second-order valence-electron chi connectivity index (χ2n) is 6.54. The maximum absolute atomic E-state index is 14.6. The largest absolute Gasteiger partial charge is 0.379 e. The molecule has 4 rings (SSSR count). The van der Waals surface area contributed by atoms with Crippen LogP contribution in [0.1, 0.15) is 17.7 Å². The third-order valence-corrected chi connectivity index (χ3v) is 5.86. The number of anilines is 1. The Bertz CT molecular complexity index is 966. The second kappa shape index (κ2) is 6.59. The summed E-state index contributed by atoms with van der Waals surface area (Å²) in [6, 6.07) is 7.10. The van der Waals surface area contributed by atoms with Crippen molar-refractivity contribution < 1.29 is 13.2 Å². The van der Waals surface area contributed by atoms with E-state index in [1.54, 1.807) is 23.1 Å². The fourth-order valence-electron chi connectivity index (χ4n) is 3.70. The number of halogens is 3. The summed E-state index contributed by atoms with van der Waals surface area (Å²) >= 11 is 1.37. The molecule has 0 spiro atoms. The lowest BCUT2D eigenvalue weighted by Crippen LogP contribution is -2.40. The molecule has 0 bridgehead atoms. The Morgan fingerprint density at radius 3 is 2.89 bits per heavy atom. The monoisotopic (exact) mass is 395 g/mol. The quantitative estimate of drug-likeness (QED) is 0.832. The molecule has 1 aromatic carbocycles. The van der Waals surface area contributed by atoms with Crippen LogP contribution in [0.25, 0.3) is 0 Å². The average molecular weight is 395 g/mol. The molecule has 0 aliphatic carbocycles. The van der Waals surface area contributed by atoms with Gasteiger partial charge in [0.2, 0.25) is 5.95 Å². The molecule has 0 amide bonds. The molecule has 1 fully saturated rings. The molecule has 2 atom stereocenters. The van der Waals surface area contributed by atoms with Gasteiger partial charge < -0.3 is 10.6 Å². The lowest BCUT2D eigenvalue weighted by atomic mass is 9.81. The Morgan fingerprint density at radius 2 is 2.15 bits per heavy atom. The first-order valence-electron chi connectivity index (χ1n) is 8.26. The fraction of sp³-hybridized carbons (Fsp3) is 0.353. The molecule has 2 aromatic rings. The molecule has 2 aliphatic heterocycles. The Balaban J connectivity index is 1.79. The van der Waals surface area contributed by atoms with Gasteiger partial charge in [0.15, 0.2) is 5.17 Å². The van der Waals surface area contributed by atoms with Gasteiger partial charge >= 0.3 is 0 Å². The van der Waals surface area contributed by atoms with Crippen molar-refractivity contribution in [3.63, 3.8) is 0 Å². The van der Waals surface area contributed by atoms with E-state index in [1.807, 2.05) is 0 Å². The first-order chi connectivity index (χ1) is 12.9. The molecule has 2 unspecified atom stereocenters. The zero-order valence-corrected chi connectivity index (χ0v) is 14.8. The van der Waals surface area contributed by atoms with Crippen LogP contribution in [0.15, 0.2) is 40.1 Å². The van der Waals surface area contributed by atoms with Gasteiger partial charge in [-0.2, -0.15) is 0 Å². The number of aliphatic imine (C=N–C) groups is 1. The van der Waals surface area contributed by atoms with E-state index in [0.717, 1.165) is 6.07 Å². The van der Waals surface area contributed by atoms with Crippen molar-refractivity contribution >= 4 is 22.9 Å². The van der Waals surface area contributed by atoms with Crippen LogP contribution in [0.3, 0.4) is 0 Å². The van der Waals surface area contributed by atoms with E-state index in [4.69, 9.17) is 5.73 Å². The molecule has 10 heteroatoms. The molecule has 0 radical (unpaired) electrons. The van der Waals surface area contributed by atoms with Crippen LogP contribution in [0.5, 0.6) is 0 Å². The maximum Gasteiger partial charge on any atom is 0.280 e. The van der Waals surface area contributed by atoms with Crippen LogP contribution in [-0.4, -0.2) is 34.0 Å². The minimum Gasteiger partial charge on any atom is -0.379 e. The number of fused-ring (bicyclic) bond motifs is 1. The van der Waals surface area contributed by atoms with E-state index in [1.165, 1.54) is 17.8 Å². The van der Waals surface area contributed by atoms with Gasteiger partial charge in [-0.3, -0.25) is 9.78 Å². The molecule has 1 aromatic heterocycles. The van der Waals surface area contributed by atoms with Gasteiger partial charge in [-0.1, -0.05) is 30.0 Å². The van der Waals surface area contributed by atoms with Crippen molar-refractivity contribution in [2.45, 2.75) is 12.0 Å². The molecule has 142 valence electrons. The van der Waals surface area contributed by atoms with E-state index in [9.17, 15) is 18.0 Å². The lowest BCUT2D eigenvalue weighted by Gasteiger charge is -2.34. The Morgan fingerprint density at radius 1 is 1.37 bits per heavy atom. The highest BCUT2D eigenvalue weighted by molar-refractivity contribution is 8.13. The predicted octanol–water partition coefficient (Wildman–Crippen LogP) is 2.24. The summed E-state index contributed by atoms with van der Waals surface area (Å²) in [5.74, 6) is 0.100. The number of nitrogens with zero attached hydrogens (tertiary/aromatic N) is 3. The smallest absolute Gasteiger partial charge is 0.280 e. The number of nitrogens with one attached hydrogen (secondary N) is 1. The minimum absolute atomic E-state index is 0.0293. The fourth-order valence-corrected chi connectivity index (χ4v) is 4.68. The van der Waals surface area contributed by atoms with Gasteiger partial charge in [0.1, 0.15) is 17.1 Å². The number of H-pyrrole nitrogens is 1. The molecule has 3 N–H and O–H groups in total. The third kappa shape index (κ3) is 3.07. The number of aromatic nitrogens is 2. The lowest BCUT2D eigenvalue weighted by molar-refractivity contribution is 0.146. The van der Waals surface area contributed by atoms with E-state index in [0.29, 0.717) is 23.0 Å². The number of benzene rings is 1. The number of hydrogen-bond donors (Lipinski definition) is 2. The van der Waals surface area contributed by atoms with Gasteiger partial charge in [0.05, 0.1) is 6.54 Å². The summed E-state index contributed by atoms with van der Waals surface area (Å²) in [5, 5.41) is 0.346. The van der Waals surface area contributed by atoms with Crippen molar-refractivity contribution in [1.82, 2.24) is 9.97 Å². The van der Waals surface area contributed by atoms with Gasteiger partial charge in [-0.25, -0.2) is 23.1 Å². The van der Waals surface area contributed by atoms with Crippen molar-refractivity contribution in [2.75, 3.05) is 23.7 Å². The summed E-state index contributed by atoms with van der Waals surface area (Å²) in [4.78, 5) is 24.4. The zero-order valence-electron chi connectivity index (χ0n) is 14.0. The van der Waals surface area contributed by atoms with E-state index in [-0.39, 0.29) is 18.4 Å². The summed E-state index contributed by atoms with van der Waals surface area (Å²) in [6.45, 7) is 0.559. The molecule has 2 aliphatic rings. The van der Waals surface area contributed by atoms with Crippen molar-refractivity contribution in [2.24, 2.45) is 16.6 Å². The summed E-state index contributed by atoms with van der Waals surface area (Å²) in [6.07, 6.45) is -2.86. The standard InChI is InChI=1S/C17H16F3N5OS/c18-11-4-2-1-3-10(11)17-8-25(6-9(17)7-27-15(21)24-17)16-22-12(14(19)20)5-13(26)23-16/h1-5,9,14H,6-8H2,(H2,21,24)(H,22,23,26). The number of nitrogens with two attached hydrogens (primary N) is 1. The van der Waals surface area contributed by atoms with E-state index < -0.39 is 29.0 Å². The normalized spacial score (nSPS) is 24.8. The topological polar surface area (TPSA) is 87.4 Å². The van der Waals surface area contributed by atoms with Crippen LogP contribution in [-0.2, 0) is 5.54 Å². The van der Waals surface area contributed by atoms with Crippen LogP contribution in [0, 0.1) is 11.7 Å². The molecular formula is C17H16F3N5OS. The summed E-state index contributed by atoms with van der Waals surface area (Å²) in [5.41, 5.74) is 4.11.